The molecule has 0 bridgehead atoms. The van der Waals surface area contributed by atoms with E-state index in [-0.39, 0.29) is 0 Å². The summed E-state index contributed by atoms with van der Waals surface area (Å²) in [5, 5.41) is 0. The maximum Gasteiger partial charge on any atom is 0.416 e. The van der Waals surface area contributed by atoms with E-state index in [9.17, 15) is 13.2 Å². The van der Waals surface area contributed by atoms with Crippen molar-refractivity contribution in [3.05, 3.63) is 35.4 Å². The first kappa shape index (κ1) is 13.0. The molecule has 4 heteroatoms. The molecule has 0 aromatic heterocycles. The van der Waals surface area contributed by atoms with Gasteiger partial charge in [0, 0.05) is 13.7 Å². The molecule has 1 nitrogen and oxygen atoms in total. The minimum atomic E-state index is -4.24. The van der Waals surface area contributed by atoms with Gasteiger partial charge in [0.05, 0.1) is 5.56 Å². The number of benzene rings is 1. The SMILES string of the molecule is COCCCCc1ccc(C(F)(F)F)cc1. The molecule has 1 aromatic rings. The van der Waals surface area contributed by atoms with Crippen LogP contribution in [0.2, 0.25) is 0 Å². The Morgan fingerprint density at radius 3 is 2.19 bits per heavy atom. The third-order valence-electron chi connectivity index (χ3n) is 2.35. The molecule has 0 aliphatic heterocycles. The van der Waals surface area contributed by atoms with Gasteiger partial charge in [-0.05, 0) is 37.0 Å². The Balaban J connectivity index is 2.46. The van der Waals surface area contributed by atoms with Crippen molar-refractivity contribution in [2.24, 2.45) is 0 Å². The van der Waals surface area contributed by atoms with Gasteiger partial charge in [-0.2, -0.15) is 13.2 Å². The molecule has 0 radical (unpaired) electrons. The third kappa shape index (κ3) is 4.23. The standard InChI is InChI=1S/C12H15F3O/c1-16-9-3-2-4-10-5-7-11(8-6-10)12(13,14)15/h5-8H,2-4,9H2,1H3. The van der Waals surface area contributed by atoms with Crippen LogP contribution in [0.4, 0.5) is 13.2 Å². The first-order chi connectivity index (χ1) is 7.54. The minimum Gasteiger partial charge on any atom is -0.385 e. The first-order valence-electron chi connectivity index (χ1n) is 5.19. The van der Waals surface area contributed by atoms with Crippen LogP contribution in [0, 0.1) is 0 Å². The summed E-state index contributed by atoms with van der Waals surface area (Å²) in [6.45, 7) is 0.695. The monoisotopic (exact) mass is 232 g/mol. The molecule has 0 fully saturated rings. The second-order valence-corrected chi connectivity index (χ2v) is 3.64. The van der Waals surface area contributed by atoms with E-state index in [0.717, 1.165) is 37.0 Å². The number of halogens is 3. The third-order valence-corrected chi connectivity index (χ3v) is 2.35. The van der Waals surface area contributed by atoms with E-state index in [1.807, 2.05) is 0 Å². The Labute approximate surface area is 93.2 Å². The summed E-state index contributed by atoms with van der Waals surface area (Å²) in [4.78, 5) is 0. The Hall–Kier alpha value is -1.03. The molecule has 0 atom stereocenters. The molecule has 90 valence electrons. The molecule has 0 unspecified atom stereocenters. The lowest BCUT2D eigenvalue weighted by molar-refractivity contribution is -0.137. The zero-order valence-electron chi connectivity index (χ0n) is 9.18. The topological polar surface area (TPSA) is 9.23 Å². The Morgan fingerprint density at radius 1 is 1.06 bits per heavy atom. The van der Waals surface area contributed by atoms with Gasteiger partial charge in [0.2, 0.25) is 0 Å². The van der Waals surface area contributed by atoms with Gasteiger partial charge < -0.3 is 4.74 Å². The molecular formula is C12H15F3O. The van der Waals surface area contributed by atoms with Crippen LogP contribution in [0.25, 0.3) is 0 Å². The fourth-order valence-corrected chi connectivity index (χ4v) is 1.44. The van der Waals surface area contributed by atoms with Crippen molar-refractivity contribution in [2.75, 3.05) is 13.7 Å². The van der Waals surface area contributed by atoms with E-state index in [1.165, 1.54) is 12.1 Å². The minimum absolute atomic E-state index is 0.590. The maximum absolute atomic E-state index is 12.3. The number of unbranched alkanes of at least 4 members (excludes halogenated alkanes) is 1. The van der Waals surface area contributed by atoms with Gasteiger partial charge in [0.1, 0.15) is 0 Å². The van der Waals surface area contributed by atoms with Crippen LogP contribution in [-0.2, 0) is 17.3 Å². The molecule has 1 rings (SSSR count). The number of aryl methyl sites for hydroxylation is 1. The molecular weight excluding hydrogens is 217 g/mol. The lowest BCUT2D eigenvalue weighted by Crippen LogP contribution is -2.04. The highest BCUT2D eigenvalue weighted by Gasteiger charge is 2.29. The number of hydrogen-bond acceptors (Lipinski definition) is 1. The highest BCUT2D eigenvalue weighted by Crippen LogP contribution is 2.29. The maximum atomic E-state index is 12.3. The molecule has 0 aliphatic carbocycles. The van der Waals surface area contributed by atoms with Crippen LogP contribution in [0.15, 0.2) is 24.3 Å². The van der Waals surface area contributed by atoms with E-state index >= 15 is 0 Å². The fraction of sp³-hybridized carbons (Fsp3) is 0.500. The summed E-state index contributed by atoms with van der Waals surface area (Å²) in [6.07, 6.45) is -1.59. The smallest absolute Gasteiger partial charge is 0.385 e. The Kier molecular flexibility index (Phi) is 4.80. The quantitative estimate of drug-likeness (QED) is 0.704. The first-order valence-corrected chi connectivity index (χ1v) is 5.19. The van der Waals surface area contributed by atoms with Crippen LogP contribution in [-0.4, -0.2) is 13.7 Å². The van der Waals surface area contributed by atoms with Crippen molar-refractivity contribution in [3.8, 4) is 0 Å². The van der Waals surface area contributed by atoms with E-state index < -0.39 is 11.7 Å². The van der Waals surface area contributed by atoms with Crippen LogP contribution in [0.3, 0.4) is 0 Å². The number of hydrogen-bond donors (Lipinski definition) is 0. The molecule has 0 N–H and O–H groups in total. The van der Waals surface area contributed by atoms with Gasteiger partial charge in [-0.15, -0.1) is 0 Å². The van der Waals surface area contributed by atoms with Crippen molar-refractivity contribution >= 4 is 0 Å². The molecule has 0 saturated carbocycles. The van der Waals surface area contributed by atoms with E-state index in [1.54, 1.807) is 7.11 Å². The van der Waals surface area contributed by atoms with Crippen LogP contribution >= 0.6 is 0 Å². The lowest BCUT2D eigenvalue weighted by Gasteiger charge is -2.07. The summed E-state index contributed by atoms with van der Waals surface area (Å²) in [7, 11) is 1.64. The molecule has 0 saturated heterocycles. The van der Waals surface area contributed by atoms with Crippen molar-refractivity contribution < 1.29 is 17.9 Å². The number of ether oxygens (including phenoxy) is 1. The van der Waals surface area contributed by atoms with Gasteiger partial charge in [0.15, 0.2) is 0 Å². The number of methoxy groups -OCH3 is 1. The second-order valence-electron chi connectivity index (χ2n) is 3.64. The van der Waals surface area contributed by atoms with Gasteiger partial charge >= 0.3 is 6.18 Å². The van der Waals surface area contributed by atoms with Gasteiger partial charge in [-0.3, -0.25) is 0 Å². The zero-order chi connectivity index (χ0) is 12.0. The summed E-state index contributed by atoms with van der Waals surface area (Å²) in [5.74, 6) is 0. The molecule has 0 aliphatic rings. The van der Waals surface area contributed by atoms with E-state index in [4.69, 9.17) is 4.74 Å². The Bertz CT molecular complexity index is 303. The lowest BCUT2D eigenvalue weighted by atomic mass is 10.1. The van der Waals surface area contributed by atoms with Gasteiger partial charge in [0.25, 0.3) is 0 Å². The van der Waals surface area contributed by atoms with Crippen LogP contribution in [0.1, 0.15) is 24.0 Å². The average molecular weight is 232 g/mol. The van der Waals surface area contributed by atoms with Gasteiger partial charge in [-0.25, -0.2) is 0 Å². The number of alkyl halides is 3. The summed E-state index contributed by atoms with van der Waals surface area (Å²) >= 11 is 0. The van der Waals surface area contributed by atoms with E-state index in [2.05, 4.69) is 0 Å². The second kappa shape index (κ2) is 5.89. The van der Waals surface area contributed by atoms with Crippen molar-refractivity contribution in [3.63, 3.8) is 0 Å². The molecule has 0 spiro atoms. The normalized spacial score (nSPS) is 11.8. The van der Waals surface area contributed by atoms with Crippen molar-refractivity contribution in [1.29, 1.82) is 0 Å². The van der Waals surface area contributed by atoms with Crippen LogP contribution < -0.4 is 0 Å². The fourth-order valence-electron chi connectivity index (χ4n) is 1.44. The molecule has 0 heterocycles. The van der Waals surface area contributed by atoms with Crippen LogP contribution in [0.5, 0.6) is 0 Å². The van der Waals surface area contributed by atoms with E-state index in [0.29, 0.717) is 6.61 Å². The predicted octanol–water partition coefficient (Wildman–Crippen LogP) is 3.67. The van der Waals surface area contributed by atoms with Gasteiger partial charge in [-0.1, -0.05) is 12.1 Å². The zero-order valence-corrected chi connectivity index (χ0v) is 9.18. The summed E-state index contributed by atoms with van der Waals surface area (Å²) in [5.41, 5.74) is 0.345. The van der Waals surface area contributed by atoms with Crippen molar-refractivity contribution in [1.82, 2.24) is 0 Å². The molecule has 1 aromatic carbocycles. The Morgan fingerprint density at radius 2 is 1.69 bits per heavy atom. The highest BCUT2D eigenvalue weighted by molar-refractivity contribution is 5.24. The molecule has 16 heavy (non-hydrogen) atoms. The summed E-state index contributed by atoms with van der Waals surface area (Å²) in [6, 6.07) is 5.34. The predicted molar refractivity (Wildman–Crippen MR) is 56.3 cm³/mol. The molecule has 0 amide bonds. The largest absolute Gasteiger partial charge is 0.416 e. The summed E-state index contributed by atoms with van der Waals surface area (Å²) < 4.78 is 41.7. The van der Waals surface area contributed by atoms with Crippen molar-refractivity contribution in [2.45, 2.75) is 25.4 Å². The average Bonchev–Trinajstić information content (AvgIpc) is 2.24. The number of rotatable bonds is 5. The highest BCUT2D eigenvalue weighted by atomic mass is 19.4.